The molecule has 13 heteroatoms. The highest BCUT2D eigenvalue weighted by Gasteiger charge is 2.46. The second kappa shape index (κ2) is 9.18. The molecule has 2 aromatic carbocycles. The first-order valence-corrected chi connectivity index (χ1v) is 12.2. The van der Waals surface area contributed by atoms with Gasteiger partial charge in [-0.25, -0.2) is 12.8 Å². The Hall–Kier alpha value is -3.26. The molecule has 180 valence electrons. The van der Waals surface area contributed by atoms with Crippen LogP contribution in [0.2, 0.25) is 0 Å². The van der Waals surface area contributed by atoms with Crippen molar-refractivity contribution >= 4 is 15.5 Å². The third kappa shape index (κ3) is 4.55. The topological polar surface area (TPSA) is 163 Å². The summed E-state index contributed by atoms with van der Waals surface area (Å²) in [7, 11) is -3.78. The molecule has 0 radical (unpaired) electrons. The Morgan fingerprint density at radius 1 is 1.24 bits per heavy atom. The normalized spacial score (nSPS) is 18.7. The molecule has 1 unspecified atom stereocenters. The van der Waals surface area contributed by atoms with E-state index in [1.807, 2.05) is 0 Å². The maximum Gasteiger partial charge on any atom is 0.204 e. The average molecular weight is 491 g/mol. The van der Waals surface area contributed by atoms with Gasteiger partial charge in [0.15, 0.2) is 9.84 Å². The Bertz CT molecular complexity index is 1300. The van der Waals surface area contributed by atoms with E-state index in [2.05, 4.69) is 25.8 Å². The summed E-state index contributed by atoms with van der Waals surface area (Å²) in [4.78, 5) is 5.37. The van der Waals surface area contributed by atoms with Crippen LogP contribution in [0.15, 0.2) is 47.6 Å². The zero-order valence-corrected chi connectivity index (χ0v) is 19.1. The molecule has 3 atom stereocenters. The van der Waals surface area contributed by atoms with Gasteiger partial charge in [-0.3, -0.25) is 0 Å². The number of nitrogens with zero attached hydrogens (tertiary/aromatic N) is 4. The number of sulfone groups is 1. The number of aliphatic hydroxyl groups is 1. The van der Waals surface area contributed by atoms with E-state index in [1.165, 1.54) is 13.0 Å². The predicted molar refractivity (Wildman–Crippen MR) is 120 cm³/mol. The largest absolute Gasteiger partial charge is 0.392 e. The van der Waals surface area contributed by atoms with E-state index in [-0.39, 0.29) is 12.8 Å². The van der Waals surface area contributed by atoms with Crippen LogP contribution >= 0.6 is 0 Å². The summed E-state index contributed by atoms with van der Waals surface area (Å²) in [6.07, 6.45) is -1.37. The molecular formula is C21H23FN6O5S. The van der Waals surface area contributed by atoms with E-state index in [0.29, 0.717) is 28.2 Å². The van der Waals surface area contributed by atoms with Crippen molar-refractivity contribution in [1.29, 1.82) is 0 Å². The third-order valence-electron chi connectivity index (χ3n) is 6.02. The predicted octanol–water partition coefficient (Wildman–Crippen LogP) is 1.66. The minimum Gasteiger partial charge on any atom is -0.392 e. The Balaban J connectivity index is 1.48. The number of H-pyrrole nitrogens is 1. The van der Waals surface area contributed by atoms with Gasteiger partial charge < -0.3 is 15.2 Å². The standard InChI is InChI=1S/C21H23FN6O5S/c1-21(20(29)25-30,34(2,31)32)11-15-10-18(26-33-15)14-7-8-16(17(22)9-14)12-3-5-13(6-4-12)19-23-27-28-24-19/h3-9,15,20,25,29-30H,10-11H2,1-2H3,(H,23,24,27,28)/t15-,20?,21-/m1/s1. The van der Waals surface area contributed by atoms with Crippen LogP contribution in [0.4, 0.5) is 4.39 Å². The van der Waals surface area contributed by atoms with Crippen LogP contribution in [0, 0.1) is 5.82 Å². The minimum atomic E-state index is -3.78. The molecule has 0 aliphatic carbocycles. The molecule has 2 heterocycles. The van der Waals surface area contributed by atoms with Crippen molar-refractivity contribution in [3.8, 4) is 22.5 Å². The van der Waals surface area contributed by atoms with Crippen molar-refractivity contribution in [2.75, 3.05) is 6.26 Å². The summed E-state index contributed by atoms with van der Waals surface area (Å²) < 4.78 is 37.7. The summed E-state index contributed by atoms with van der Waals surface area (Å²) in [5.41, 5.74) is 4.32. The average Bonchev–Trinajstić information content (AvgIpc) is 3.50. The summed E-state index contributed by atoms with van der Waals surface area (Å²) in [5.74, 6) is -0.0257. The Morgan fingerprint density at radius 3 is 2.50 bits per heavy atom. The number of tetrazole rings is 1. The number of hydroxylamine groups is 1. The highest BCUT2D eigenvalue weighted by molar-refractivity contribution is 7.92. The lowest BCUT2D eigenvalue weighted by molar-refractivity contribution is -0.0355. The van der Waals surface area contributed by atoms with Gasteiger partial charge in [0.05, 0.1) is 5.71 Å². The maximum atomic E-state index is 15.0. The van der Waals surface area contributed by atoms with Crippen LogP contribution in [0.3, 0.4) is 0 Å². The lowest BCUT2D eigenvalue weighted by Gasteiger charge is -2.32. The second-order valence-electron chi connectivity index (χ2n) is 8.30. The lowest BCUT2D eigenvalue weighted by atomic mass is 9.95. The van der Waals surface area contributed by atoms with Crippen LogP contribution in [0.25, 0.3) is 22.5 Å². The van der Waals surface area contributed by atoms with Crippen LogP contribution < -0.4 is 5.48 Å². The maximum absolute atomic E-state index is 15.0. The van der Waals surface area contributed by atoms with Gasteiger partial charge >= 0.3 is 0 Å². The van der Waals surface area contributed by atoms with Crippen LogP contribution in [-0.4, -0.2) is 68.4 Å². The number of halogens is 1. The molecule has 0 saturated carbocycles. The first-order chi connectivity index (χ1) is 16.1. The Labute approximate surface area is 194 Å². The number of aliphatic hydroxyl groups excluding tert-OH is 1. The number of nitrogens with one attached hydrogen (secondary N) is 2. The monoisotopic (exact) mass is 490 g/mol. The van der Waals surface area contributed by atoms with Crippen molar-refractivity contribution in [1.82, 2.24) is 26.1 Å². The number of hydrogen-bond acceptors (Lipinski definition) is 10. The number of benzene rings is 2. The van der Waals surface area contributed by atoms with E-state index in [0.717, 1.165) is 11.8 Å². The zero-order valence-electron chi connectivity index (χ0n) is 18.3. The second-order valence-corrected chi connectivity index (χ2v) is 10.8. The van der Waals surface area contributed by atoms with Gasteiger partial charge in [-0.05, 0) is 23.8 Å². The number of oxime groups is 1. The number of rotatable bonds is 8. The van der Waals surface area contributed by atoms with Gasteiger partial charge in [-0.15, -0.1) is 10.2 Å². The van der Waals surface area contributed by atoms with Crippen molar-refractivity contribution in [2.45, 2.75) is 36.8 Å². The Kier molecular flexibility index (Phi) is 6.45. The zero-order chi connectivity index (χ0) is 24.5. The van der Waals surface area contributed by atoms with E-state index in [9.17, 15) is 17.9 Å². The molecule has 0 amide bonds. The van der Waals surface area contributed by atoms with E-state index < -0.39 is 32.7 Å². The fraction of sp³-hybridized carbons (Fsp3) is 0.333. The molecular weight excluding hydrogens is 467 g/mol. The van der Waals surface area contributed by atoms with Crippen LogP contribution in [0.1, 0.15) is 25.3 Å². The number of aromatic nitrogens is 4. The molecule has 0 saturated heterocycles. The lowest BCUT2D eigenvalue weighted by Crippen LogP contribution is -2.54. The highest BCUT2D eigenvalue weighted by Crippen LogP contribution is 2.32. The Morgan fingerprint density at radius 2 is 1.91 bits per heavy atom. The summed E-state index contributed by atoms with van der Waals surface area (Å²) in [6, 6.07) is 11.7. The van der Waals surface area contributed by atoms with E-state index >= 15 is 0 Å². The number of hydrogen-bond donors (Lipinski definition) is 4. The van der Waals surface area contributed by atoms with Crippen LogP contribution in [-0.2, 0) is 14.7 Å². The summed E-state index contributed by atoms with van der Waals surface area (Å²) in [6.45, 7) is 1.30. The van der Waals surface area contributed by atoms with Crippen molar-refractivity contribution in [2.24, 2.45) is 5.16 Å². The van der Waals surface area contributed by atoms with Crippen molar-refractivity contribution < 1.29 is 28.0 Å². The summed E-state index contributed by atoms with van der Waals surface area (Å²) in [5, 5.41) is 36.8. The molecule has 34 heavy (non-hydrogen) atoms. The molecule has 3 aromatic rings. The fourth-order valence-corrected chi connectivity index (χ4v) is 4.72. The molecule has 0 spiro atoms. The molecule has 4 N–H and O–H groups in total. The van der Waals surface area contributed by atoms with Crippen LogP contribution in [0.5, 0.6) is 0 Å². The minimum absolute atomic E-state index is 0.138. The van der Waals surface area contributed by atoms with Gasteiger partial charge in [-0.2, -0.15) is 10.7 Å². The molecule has 1 aliphatic rings. The first-order valence-electron chi connectivity index (χ1n) is 10.3. The van der Waals surface area contributed by atoms with E-state index in [1.54, 1.807) is 41.9 Å². The molecule has 1 aromatic heterocycles. The number of aromatic amines is 1. The molecule has 4 rings (SSSR count). The summed E-state index contributed by atoms with van der Waals surface area (Å²) >= 11 is 0. The third-order valence-corrected chi connectivity index (χ3v) is 8.10. The first kappa shape index (κ1) is 23.9. The van der Waals surface area contributed by atoms with Crippen molar-refractivity contribution in [3.05, 3.63) is 53.8 Å². The SMILES string of the molecule is C[C@@](C[C@H]1CC(c2ccc(-c3ccc(-c4nn[nH]n4)cc3)c(F)c2)=NO1)(C(O)NO)S(C)(=O)=O. The fourth-order valence-electron chi connectivity index (χ4n) is 3.77. The van der Waals surface area contributed by atoms with Gasteiger partial charge in [0.25, 0.3) is 0 Å². The van der Waals surface area contributed by atoms with E-state index in [4.69, 9.17) is 10.0 Å². The van der Waals surface area contributed by atoms with Gasteiger partial charge in [0.2, 0.25) is 5.82 Å². The highest BCUT2D eigenvalue weighted by atomic mass is 32.2. The van der Waals surface area contributed by atoms with Gasteiger partial charge in [0.1, 0.15) is 22.9 Å². The van der Waals surface area contributed by atoms with Gasteiger partial charge in [0, 0.05) is 35.8 Å². The molecule has 0 fully saturated rings. The van der Waals surface area contributed by atoms with Crippen molar-refractivity contribution in [3.63, 3.8) is 0 Å². The molecule has 1 aliphatic heterocycles. The van der Waals surface area contributed by atoms with Gasteiger partial charge in [-0.1, -0.05) is 41.6 Å². The molecule has 11 nitrogen and oxygen atoms in total. The smallest absolute Gasteiger partial charge is 0.204 e. The quantitative estimate of drug-likeness (QED) is 0.272. The molecule has 0 bridgehead atoms.